The smallest absolute Gasteiger partial charge is 0.427 e. The molecule has 0 fully saturated rings. The molecular weight excluding hydrogens is 313 g/mol. The molecule has 0 radical (unpaired) electrons. The van der Waals surface area contributed by atoms with Gasteiger partial charge in [0, 0.05) is 41.0 Å². The first-order valence-electron chi connectivity index (χ1n) is 7.32. The van der Waals surface area contributed by atoms with E-state index in [2.05, 4.69) is 4.98 Å². The monoisotopic (exact) mass is 331 g/mol. The maximum absolute atomic E-state index is 12.1. The molecule has 0 aliphatic heterocycles. The molecule has 1 atom stereocenters. The molecule has 0 amide bonds. The number of pyridine rings is 1. The summed E-state index contributed by atoms with van der Waals surface area (Å²) >= 11 is 1.50. The van der Waals surface area contributed by atoms with Crippen LogP contribution in [0.15, 0.2) is 35.8 Å². The van der Waals surface area contributed by atoms with Crippen LogP contribution >= 0.6 is 11.3 Å². The molecule has 0 aromatic carbocycles. The van der Waals surface area contributed by atoms with Crippen molar-refractivity contribution in [2.24, 2.45) is 0 Å². The summed E-state index contributed by atoms with van der Waals surface area (Å²) in [5.74, 6) is -0.769. The summed E-state index contributed by atoms with van der Waals surface area (Å²) < 4.78 is 0. The normalized spacial score (nSPS) is 12.0. The lowest BCUT2D eigenvalue weighted by atomic mass is 9.67. The third kappa shape index (κ3) is 5.39. The van der Waals surface area contributed by atoms with E-state index < -0.39 is 12.9 Å². The highest BCUT2D eigenvalue weighted by atomic mass is 32.1. The number of rotatable bonds is 8. The van der Waals surface area contributed by atoms with Gasteiger partial charge in [-0.25, -0.2) is 0 Å². The van der Waals surface area contributed by atoms with Crippen LogP contribution in [-0.4, -0.2) is 33.7 Å². The van der Waals surface area contributed by atoms with Crippen LogP contribution in [0, 0.1) is 0 Å². The molecular formula is C16H18BNO4S. The van der Waals surface area contributed by atoms with Gasteiger partial charge in [-0.15, -0.1) is 11.3 Å². The van der Waals surface area contributed by atoms with E-state index in [4.69, 9.17) is 0 Å². The van der Waals surface area contributed by atoms with Gasteiger partial charge in [0.15, 0.2) is 5.78 Å². The van der Waals surface area contributed by atoms with Crippen molar-refractivity contribution in [2.75, 3.05) is 0 Å². The molecule has 0 spiro atoms. The topological polar surface area (TPSA) is 87.5 Å². The molecule has 2 aromatic heterocycles. The average Bonchev–Trinajstić information content (AvgIpc) is 2.99. The van der Waals surface area contributed by atoms with Crippen LogP contribution in [0.25, 0.3) is 0 Å². The lowest BCUT2D eigenvalue weighted by Crippen LogP contribution is -2.25. The molecule has 0 saturated heterocycles. The highest BCUT2D eigenvalue weighted by Gasteiger charge is 2.27. The number of Topliss-reactive ketones (excluding diaryl/α,β-unsaturated/α-hetero) is 2. The second-order valence-electron chi connectivity index (χ2n) is 5.47. The van der Waals surface area contributed by atoms with Crippen molar-refractivity contribution in [1.29, 1.82) is 0 Å². The molecule has 5 nitrogen and oxygen atoms in total. The molecule has 2 rings (SSSR count). The highest BCUT2D eigenvalue weighted by molar-refractivity contribution is 7.10. The van der Waals surface area contributed by atoms with E-state index in [0.717, 1.165) is 4.88 Å². The van der Waals surface area contributed by atoms with Gasteiger partial charge in [0.2, 0.25) is 0 Å². The summed E-state index contributed by atoms with van der Waals surface area (Å²) in [6, 6.07) is 6.99. The fraction of sp³-hybridized carbons (Fsp3) is 0.312. The summed E-state index contributed by atoms with van der Waals surface area (Å²) in [5.41, 5.74) is 1.09. The van der Waals surface area contributed by atoms with E-state index in [0.29, 0.717) is 17.7 Å². The van der Waals surface area contributed by atoms with E-state index in [-0.39, 0.29) is 24.4 Å². The summed E-state index contributed by atoms with van der Waals surface area (Å²) in [5, 5.41) is 21.0. The molecule has 0 aliphatic carbocycles. The summed E-state index contributed by atoms with van der Waals surface area (Å²) in [7, 11) is -1.61. The van der Waals surface area contributed by atoms with Gasteiger partial charge < -0.3 is 10.0 Å². The van der Waals surface area contributed by atoms with Crippen LogP contribution in [0.4, 0.5) is 0 Å². The first-order valence-corrected chi connectivity index (χ1v) is 8.19. The van der Waals surface area contributed by atoms with Gasteiger partial charge in [0.1, 0.15) is 5.78 Å². The fourth-order valence-corrected chi connectivity index (χ4v) is 3.07. The third-order valence-electron chi connectivity index (χ3n) is 3.56. The number of carbonyl (C=O) groups is 2. The summed E-state index contributed by atoms with van der Waals surface area (Å²) in [6.07, 6.45) is 2.10. The van der Waals surface area contributed by atoms with Crippen LogP contribution in [-0.2, 0) is 17.6 Å². The van der Waals surface area contributed by atoms with Crippen LogP contribution < -0.4 is 0 Å². The standard InChI is InChI=1S/C16H18BNO4S/c1-11(19)12-4-5-18-14(7-12)8-13(17(21)22)9-15(20)10-16-3-2-6-23-16/h2-7,13,21-22H,8-10H2,1H3/t13-/m1/s1. The number of ketones is 2. The molecule has 0 saturated carbocycles. The van der Waals surface area contributed by atoms with Crippen molar-refractivity contribution >= 4 is 30.0 Å². The number of nitrogens with zero attached hydrogens (tertiary/aromatic N) is 1. The molecule has 23 heavy (non-hydrogen) atoms. The highest BCUT2D eigenvalue weighted by Crippen LogP contribution is 2.21. The second-order valence-corrected chi connectivity index (χ2v) is 6.50. The maximum atomic E-state index is 12.1. The van der Waals surface area contributed by atoms with Crippen LogP contribution in [0.2, 0.25) is 5.82 Å². The maximum Gasteiger partial charge on any atom is 0.455 e. The number of thiophene rings is 1. The molecule has 0 bridgehead atoms. The van der Waals surface area contributed by atoms with Gasteiger partial charge in [-0.1, -0.05) is 6.07 Å². The number of aromatic nitrogens is 1. The first-order chi connectivity index (χ1) is 11.0. The van der Waals surface area contributed by atoms with Crippen molar-refractivity contribution in [3.63, 3.8) is 0 Å². The van der Waals surface area contributed by atoms with Gasteiger partial charge in [-0.3, -0.25) is 14.6 Å². The SMILES string of the molecule is CC(=O)c1ccnc(C[C@H](CC(=O)Cc2cccs2)B(O)O)c1. The molecule has 2 heterocycles. The Morgan fingerprint density at radius 3 is 2.74 bits per heavy atom. The Kier molecular flexibility index (Phi) is 6.21. The van der Waals surface area contributed by atoms with Crippen LogP contribution in [0.5, 0.6) is 0 Å². The molecule has 120 valence electrons. The number of hydrogen-bond donors (Lipinski definition) is 2. The zero-order valence-electron chi connectivity index (χ0n) is 12.8. The largest absolute Gasteiger partial charge is 0.455 e. The van der Waals surface area contributed by atoms with Crippen molar-refractivity contribution in [2.45, 2.75) is 32.0 Å². The second kappa shape index (κ2) is 8.15. The predicted octanol–water partition coefficient (Wildman–Crippen LogP) is 1.93. The van der Waals surface area contributed by atoms with E-state index in [1.165, 1.54) is 24.5 Å². The Balaban J connectivity index is 2.02. The average molecular weight is 331 g/mol. The van der Waals surface area contributed by atoms with Crippen LogP contribution in [0.1, 0.15) is 34.3 Å². The van der Waals surface area contributed by atoms with E-state index in [9.17, 15) is 19.6 Å². The van der Waals surface area contributed by atoms with E-state index in [1.54, 1.807) is 12.1 Å². The van der Waals surface area contributed by atoms with Gasteiger partial charge in [0.05, 0.1) is 0 Å². The first kappa shape index (κ1) is 17.5. The molecule has 2 aromatic rings. The van der Waals surface area contributed by atoms with E-state index in [1.807, 2.05) is 17.5 Å². The minimum absolute atomic E-state index is 0.0479. The molecule has 2 N–H and O–H groups in total. The fourth-order valence-electron chi connectivity index (χ4n) is 2.33. The van der Waals surface area contributed by atoms with E-state index >= 15 is 0 Å². The lowest BCUT2D eigenvalue weighted by molar-refractivity contribution is -0.118. The van der Waals surface area contributed by atoms with Gasteiger partial charge in [-0.2, -0.15) is 0 Å². The van der Waals surface area contributed by atoms with Crippen molar-refractivity contribution < 1.29 is 19.6 Å². The molecule has 0 aliphatic rings. The van der Waals surface area contributed by atoms with Gasteiger partial charge in [-0.05, 0) is 36.9 Å². The number of hydrogen-bond acceptors (Lipinski definition) is 6. The molecule has 7 heteroatoms. The van der Waals surface area contributed by atoms with Crippen LogP contribution in [0.3, 0.4) is 0 Å². The zero-order chi connectivity index (χ0) is 16.8. The predicted molar refractivity (Wildman–Crippen MR) is 89.5 cm³/mol. The van der Waals surface area contributed by atoms with Crippen molar-refractivity contribution in [3.05, 3.63) is 52.0 Å². The zero-order valence-corrected chi connectivity index (χ0v) is 13.6. The Labute approximate surface area is 139 Å². The van der Waals surface area contributed by atoms with Crippen molar-refractivity contribution in [3.8, 4) is 0 Å². The van der Waals surface area contributed by atoms with Crippen molar-refractivity contribution in [1.82, 2.24) is 4.98 Å². The minimum Gasteiger partial charge on any atom is -0.427 e. The van der Waals surface area contributed by atoms with Gasteiger partial charge in [0.25, 0.3) is 0 Å². The Hall–Kier alpha value is -1.83. The summed E-state index contributed by atoms with van der Waals surface area (Å²) in [4.78, 5) is 28.6. The minimum atomic E-state index is -1.61. The Morgan fingerprint density at radius 1 is 1.35 bits per heavy atom. The Morgan fingerprint density at radius 2 is 2.13 bits per heavy atom. The third-order valence-corrected chi connectivity index (χ3v) is 4.43. The van der Waals surface area contributed by atoms with Gasteiger partial charge >= 0.3 is 7.12 Å². The molecule has 0 unspecified atom stereocenters. The number of carbonyl (C=O) groups excluding carboxylic acids is 2. The quantitative estimate of drug-likeness (QED) is 0.570. The summed E-state index contributed by atoms with van der Waals surface area (Å²) in [6.45, 7) is 1.46. The Bertz CT molecular complexity index is 672. The lowest BCUT2D eigenvalue weighted by Gasteiger charge is -2.14.